The van der Waals surface area contributed by atoms with Crippen molar-refractivity contribution < 1.29 is 19.4 Å². The summed E-state index contributed by atoms with van der Waals surface area (Å²) in [5.74, 6) is -0.000478. The van der Waals surface area contributed by atoms with Gasteiger partial charge in [0.05, 0.1) is 14.2 Å². The van der Waals surface area contributed by atoms with Crippen LogP contribution in [-0.2, 0) is 16.0 Å². The molecule has 1 atom stereocenters. The zero-order valence-electron chi connectivity index (χ0n) is 9.77. The molecule has 0 saturated carbocycles. The Labute approximate surface area is 99.5 Å². The number of esters is 1. The molecule has 90 valence electrons. The molecule has 0 bridgehead atoms. The van der Waals surface area contributed by atoms with E-state index in [0.29, 0.717) is 5.75 Å². The summed E-state index contributed by atoms with van der Waals surface area (Å²) in [7, 11) is 2.82. The lowest BCUT2D eigenvalue weighted by molar-refractivity contribution is -0.157. The van der Waals surface area contributed by atoms with Crippen LogP contribution in [0.2, 0.25) is 0 Å². The first-order chi connectivity index (χ1) is 8.10. The molecular weight excluding hydrogens is 220 g/mol. The predicted molar refractivity (Wildman–Crippen MR) is 62.7 cm³/mol. The Hall–Kier alpha value is -1.81. The Morgan fingerprint density at radius 3 is 2.82 bits per heavy atom. The van der Waals surface area contributed by atoms with Crippen LogP contribution in [0.1, 0.15) is 11.1 Å². The van der Waals surface area contributed by atoms with Gasteiger partial charge in [0.1, 0.15) is 5.75 Å². The fourth-order valence-electron chi connectivity index (χ4n) is 1.99. The van der Waals surface area contributed by atoms with E-state index in [-0.39, 0.29) is 6.42 Å². The SMILES string of the molecule is COC(=O)C1(O)C=Cc2cccc(OC)c2C1. The Kier molecular flexibility index (Phi) is 2.90. The average Bonchev–Trinajstić information content (AvgIpc) is 2.37. The van der Waals surface area contributed by atoms with Crippen molar-refractivity contribution in [2.45, 2.75) is 12.0 Å². The summed E-state index contributed by atoms with van der Waals surface area (Å²) in [5, 5.41) is 10.2. The minimum atomic E-state index is -1.60. The van der Waals surface area contributed by atoms with Gasteiger partial charge in [0, 0.05) is 12.0 Å². The van der Waals surface area contributed by atoms with Gasteiger partial charge in [0.15, 0.2) is 5.60 Å². The Bertz CT molecular complexity index is 478. The molecule has 0 aliphatic heterocycles. The van der Waals surface area contributed by atoms with Gasteiger partial charge in [0.25, 0.3) is 0 Å². The Morgan fingerprint density at radius 2 is 2.18 bits per heavy atom. The Morgan fingerprint density at radius 1 is 1.41 bits per heavy atom. The molecule has 0 heterocycles. The number of hydrogen-bond acceptors (Lipinski definition) is 4. The van der Waals surface area contributed by atoms with E-state index in [1.165, 1.54) is 13.2 Å². The molecule has 1 unspecified atom stereocenters. The summed E-state index contributed by atoms with van der Waals surface area (Å²) in [6, 6.07) is 5.57. The molecule has 1 aromatic rings. The van der Waals surface area contributed by atoms with Crippen molar-refractivity contribution in [1.29, 1.82) is 0 Å². The lowest BCUT2D eigenvalue weighted by atomic mass is 9.85. The molecule has 0 aromatic heterocycles. The third kappa shape index (κ3) is 1.91. The quantitative estimate of drug-likeness (QED) is 0.780. The molecule has 0 spiro atoms. The molecule has 0 saturated heterocycles. The maximum atomic E-state index is 11.5. The number of carbonyl (C=O) groups excluding carboxylic acids is 1. The molecule has 1 aliphatic rings. The van der Waals surface area contributed by atoms with Crippen LogP contribution in [0.25, 0.3) is 6.08 Å². The molecule has 2 rings (SSSR count). The standard InChI is InChI=1S/C13H14O4/c1-16-11-5-3-4-9-6-7-13(15,8-10(9)11)12(14)17-2/h3-7,15H,8H2,1-2H3. The van der Waals surface area contributed by atoms with Gasteiger partial charge in [-0.1, -0.05) is 18.2 Å². The number of fused-ring (bicyclic) bond motifs is 1. The van der Waals surface area contributed by atoms with Crippen LogP contribution in [0.3, 0.4) is 0 Å². The zero-order chi connectivity index (χ0) is 12.5. The van der Waals surface area contributed by atoms with Gasteiger partial charge in [0.2, 0.25) is 0 Å². The highest BCUT2D eigenvalue weighted by molar-refractivity contribution is 5.85. The second-order valence-electron chi connectivity index (χ2n) is 3.95. The largest absolute Gasteiger partial charge is 0.496 e. The van der Waals surface area contributed by atoms with Gasteiger partial charge >= 0.3 is 5.97 Å². The first kappa shape index (κ1) is 11.7. The highest BCUT2D eigenvalue weighted by Gasteiger charge is 2.38. The van der Waals surface area contributed by atoms with E-state index < -0.39 is 11.6 Å². The number of methoxy groups -OCH3 is 2. The monoisotopic (exact) mass is 234 g/mol. The third-order valence-electron chi connectivity index (χ3n) is 2.91. The lowest BCUT2D eigenvalue weighted by Gasteiger charge is -2.27. The summed E-state index contributed by atoms with van der Waals surface area (Å²) in [6.07, 6.45) is 3.33. The van der Waals surface area contributed by atoms with Gasteiger partial charge < -0.3 is 14.6 Å². The zero-order valence-corrected chi connectivity index (χ0v) is 9.77. The van der Waals surface area contributed by atoms with E-state index in [4.69, 9.17) is 4.74 Å². The first-order valence-electron chi connectivity index (χ1n) is 5.26. The van der Waals surface area contributed by atoms with E-state index in [1.807, 2.05) is 12.1 Å². The maximum Gasteiger partial charge on any atom is 0.342 e. The highest BCUT2D eigenvalue weighted by Crippen LogP contribution is 2.32. The van der Waals surface area contributed by atoms with Crippen LogP contribution in [0.5, 0.6) is 5.75 Å². The third-order valence-corrected chi connectivity index (χ3v) is 2.91. The van der Waals surface area contributed by atoms with E-state index >= 15 is 0 Å². The Balaban J connectivity index is 2.44. The van der Waals surface area contributed by atoms with Crippen molar-refractivity contribution >= 4 is 12.0 Å². The summed E-state index contributed by atoms with van der Waals surface area (Å²) in [5.41, 5.74) is 0.152. The van der Waals surface area contributed by atoms with Crippen molar-refractivity contribution in [1.82, 2.24) is 0 Å². The summed E-state index contributed by atoms with van der Waals surface area (Å²) < 4.78 is 9.82. The second-order valence-corrected chi connectivity index (χ2v) is 3.95. The normalized spacial score (nSPS) is 21.8. The van der Waals surface area contributed by atoms with Crippen LogP contribution in [-0.4, -0.2) is 30.9 Å². The first-order valence-corrected chi connectivity index (χ1v) is 5.26. The fraction of sp³-hybridized carbons (Fsp3) is 0.308. The molecule has 4 heteroatoms. The van der Waals surface area contributed by atoms with E-state index in [0.717, 1.165) is 11.1 Å². The number of benzene rings is 1. The molecule has 0 radical (unpaired) electrons. The number of ether oxygens (including phenoxy) is 2. The molecule has 0 fully saturated rings. The van der Waals surface area contributed by atoms with Crippen molar-refractivity contribution in [3.63, 3.8) is 0 Å². The molecule has 4 nitrogen and oxygen atoms in total. The van der Waals surface area contributed by atoms with Crippen molar-refractivity contribution in [2.24, 2.45) is 0 Å². The topological polar surface area (TPSA) is 55.8 Å². The highest BCUT2D eigenvalue weighted by atomic mass is 16.5. The second kappa shape index (κ2) is 4.22. The molecule has 17 heavy (non-hydrogen) atoms. The van der Waals surface area contributed by atoms with E-state index in [2.05, 4.69) is 4.74 Å². The molecule has 1 N–H and O–H groups in total. The molecule has 1 aliphatic carbocycles. The smallest absolute Gasteiger partial charge is 0.342 e. The fourth-order valence-corrected chi connectivity index (χ4v) is 1.99. The summed E-state index contributed by atoms with van der Waals surface area (Å²) >= 11 is 0. The molecule has 0 amide bonds. The van der Waals surface area contributed by atoms with Crippen LogP contribution < -0.4 is 4.74 Å². The van der Waals surface area contributed by atoms with E-state index in [9.17, 15) is 9.90 Å². The van der Waals surface area contributed by atoms with Gasteiger partial charge in [-0.15, -0.1) is 0 Å². The van der Waals surface area contributed by atoms with Crippen LogP contribution in [0, 0.1) is 0 Å². The average molecular weight is 234 g/mol. The van der Waals surface area contributed by atoms with Gasteiger partial charge in [-0.2, -0.15) is 0 Å². The van der Waals surface area contributed by atoms with Crippen molar-refractivity contribution in [2.75, 3.05) is 14.2 Å². The minimum absolute atomic E-state index is 0.162. The number of hydrogen-bond donors (Lipinski definition) is 1. The predicted octanol–water partition coefficient (Wildman–Crippen LogP) is 1.17. The van der Waals surface area contributed by atoms with Crippen LogP contribution in [0.4, 0.5) is 0 Å². The van der Waals surface area contributed by atoms with Crippen molar-refractivity contribution in [3.05, 3.63) is 35.4 Å². The lowest BCUT2D eigenvalue weighted by Crippen LogP contribution is -2.41. The van der Waals surface area contributed by atoms with E-state index in [1.54, 1.807) is 19.3 Å². The van der Waals surface area contributed by atoms with Gasteiger partial charge in [-0.05, 0) is 17.7 Å². The van der Waals surface area contributed by atoms with Crippen LogP contribution in [0.15, 0.2) is 24.3 Å². The van der Waals surface area contributed by atoms with Crippen molar-refractivity contribution in [3.8, 4) is 5.75 Å². The number of rotatable bonds is 2. The maximum absolute atomic E-state index is 11.5. The number of aliphatic hydroxyl groups is 1. The summed E-state index contributed by atoms with van der Waals surface area (Å²) in [4.78, 5) is 11.5. The van der Waals surface area contributed by atoms with Gasteiger partial charge in [-0.3, -0.25) is 0 Å². The van der Waals surface area contributed by atoms with Gasteiger partial charge in [-0.25, -0.2) is 4.79 Å². The van der Waals surface area contributed by atoms with Crippen LogP contribution >= 0.6 is 0 Å². The number of carbonyl (C=O) groups is 1. The minimum Gasteiger partial charge on any atom is -0.496 e. The molecular formula is C13H14O4. The molecule has 1 aromatic carbocycles. The summed E-state index contributed by atoms with van der Waals surface area (Å²) in [6.45, 7) is 0.